The van der Waals surface area contributed by atoms with E-state index in [0.29, 0.717) is 18.5 Å². The van der Waals surface area contributed by atoms with Gasteiger partial charge in [0.05, 0.1) is 7.11 Å². The van der Waals surface area contributed by atoms with Gasteiger partial charge >= 0.3 is 18.3 Å². The van der Waals surface area contributed by atoms with Gasteiger partial charge in [-0.15, -0.1) is 0 Å². The molecule has 0 aromatic carbocycles. The highest BCUT2D eigenvalue weighted by Gasteiger charge is 2.51. The van der Waals surface area contributed by atoms with Crippen LogP contribution in [0.5, 0.6) is 0 Å². The van der Waals surface area contributed by atoms with Crippen LogP contribution in [0.2, 0.25) is 0 Å². The first kappa shape index (κ1) is 22.5. The van der Waals surface area contributed by atoms with Crippen molar-refractivity contribution in [3.63, 3.8) is 0 Å². The summed E-state index contributed by atoms with van der Waals surface area (Å²) in [5.41, 5.74) is 0.245. The number of carbonyl (C=O) groups excluding carboxylic acids is 2. The van der Waals surface area contributed by atoms with E-state index in [0.717, 1.165) is 71.1 Å². The Morgan fingerprint density at radius 2 is 1.81 bits per heavy atom. The second kappa shape index (κ2) is 8.67. The number of rotatable bonds is 3. The van der Waals surface area contributed by atoms with Crippen LogP contribution in [-0.4, -0.2) is 91.5 Å². The number of hydrogen-bond acceptors (Lipinski definition) is 4. The second-order valence-electron chi connectivity index (χ2n) is 9.75. The van der Waals surface area contributed by atoms with Gasteiger partial charge in [0.25, 0.3) is 0 Å². The molecule has 3 heterocycles. The summed E-state index contributed by atoms with van der Waals surface area (Å²) in [5, 5.41) is 2.04. The van der Waals surface area contributed by atoms with Crippen LogP contribution in [0.15, 0.2) is 0 Å². The van der Waals surface area contributed by atoms with E-state index in [1.807, 2.05) is 5.32 Å². The molecule has 0 aromatic heterocycles. The summed E-state index contributed by atoms with van der Waals surface area (Å²) in [5.74, 6) is 0.353. The van der Waals surface area contributed by atoms with Gasteiger partial charge in [0.1, 0.15) is 6.54 Å². The highest BCUT2D eigenvalue weighted by molar-refractivity contribution is 5.75. The maximum Gasteiger partial charge on any atom is 0.409 e. The number of methoxy groups -OCH3 is 1. The third-order valence-corrected chi connectivity index (χ3v) is 7.84. The first-order valence-corrected chi connectivity index (χ1v) is 11.4. The van der Waals surface area contributed by atoms with Crippen LogP contribution in [0, 0.1) is 11.3 Å². The third-order valence-electron chi connectivity index (χ3n) is 7.84. The zero-order valence-corrected chi connectivity index (χ0v) is 18.1. The highest BCUT2D eigenvalue weighted by atomic mass is 19.4. The third kappa shape index (κ3) is 4.88. The van der Waals surface area contributed by atoms with Gasteiger partial charge in [-0.2, -0.15) is 13.2 Å². The lowest BCUT2D eigenvalue weighted by molar-refractivity contribution is -0.123. The Hall–Kier alpha value is -1.71. The fourth-order valence-corrected chi connectivity index (χ4v) is 6.23. The van der Waals surface area contributed by atoms with E-state index >= 15 is 0 Å². The number of hydrogen-bond donors (Lipinski definition) is 1. The molecule has 3 saturated heterocycles. The van der Waals surface area contributed by atoms with E-state index < -0.39 is 18.8 Å². The Labute approximate surface area is 181 Å². The van der Waals surface area contributed by atoms with Crippen molar-refractivity contribution < 1.29 is 27.5 Å². The van der Waals surface area contributed by atoms with E-state index in [1.165, 1.54) is 7.11 Å². The van der Waals surface area contributed by atoms with Gasteiger partial charge in [-0.1, -0.05) is 0 Å². The van der Waals surface area contributed by atoms with Crippen LogP contribution in [0.3, 0.4) is 0 Å². The molecule has 31 heavy (non-hydrogen) atoms. The monoisotopic (exact) mass is 446 g/mol. The van der Waals surface area contributed by atoms with Crippen molar-refractivity contribution in [2.75, 3.05) is 46.4 Å². The molecule has 4 aliphatic rings. The molecule has 0 unspecified atom stereocenters. The Bertz CT molecular complexity index is 675. The minimum Gasteiger partial charge on any atom is -0.453 e. The molecule has 1 aliphatic carbocycles. The number of alkyl halides is 3. The van der Waals surface area contributed by atoms with E-state index in [-0.39, 0.29) is 17.6 Å². The van der Waals surface area contributed by atoms with Crippen molar-refractivity contribution in [1.29, 1.82) is 0 Å². The van der Waals surface area contributed by atoms with Crippen LogP contribution in [0.4, 0.5) is 22.8 Å². The summed E-state index contributed by atoms with van der Waals surface area (Å²) in [7, 11) is 1.42. The summed E-state index contributed by atoms with van der Waals surface area (Å²) >= 11 is 0. The predicted molar refractivity (Wildman–Crippen MR) is 108 cm³/mol. The number of piperidine rings is 1. The van der Waals surface area contributed by atoms with Gasteiger partial charge in [0.2, 0.25) is 0 Å². The lowest BCUT2D eigenvalue weighted by Crippen LogP contribution is -2.55. The molecule has 1 saturated carbocycles. The van der Waals surface area contributed by atoms with Gasteiger partial charge in [0.15, 0.2) is 0 Å². The lowest BCUT2D eigenvalue weighted by atomic mass is 9.64. The maximum absolute atomic E-state index is 12.4. The molecule has 176 valence electrons. The molecule has 0 aromatic rings. The number of carbonyl (C=O) groups is 2. The van der Waals surface area contributed by atoms with E-state index in [1.54, 1.807) is 9.80 Å². The van der Waals surface area contributed by atoms with Gasteiger partial charge < -0.3 is 24.8 Å². The minimum atomic E-state index is -4.39. The molecule has 0 bridgehead atoms. The van der Waals surface area contributed by atoms with Crippen LogP contribution in [0.25, 0.3) is 0 Å². The summed E-state index contributed by atoms with van der Waals surface area (Å²) in [6, 6.07) is 0.0134. The summed E-state index contributed by atoms with van der Waals surface area (Å²) < 4.78 is 42.2. The highest BCUT2D eigenvalue weighted by Crippen LogP contribution is 2.51. The van der Waals surface area contributed by atoms with Crippen molar-refractivity contribution in [2.24, 2.45) is 11.3 Å². The van der Waals surface area contributed by atoms with Gasteiger partial charge in [-0.3, -0.25) is 0 Å². The standard InChI is InChI=1S/C21H33F3N4O3/c1-31-19(30)27-10-6-20(14-27)11-16(12-20)26-8-4-15(5-9-26)17-3-2-7-28(17)18(29)25-13-21(22,23)24/h15-17H,2-14H2,1H3,(H,25,29)/t16?,17-,20?/m0/s1. The molecule has 3 aliphatic heterocycles. The van der Waals surface area contributed by atoms with Crippen molar-refractivity contribution in [2.45, 2.75) is 63.2 Å². The molecule has 7 nitrogen and oxygen atoms in total. The zero-order chi connectivity index (χ0) is 22.2. The summed E-state index contributed by atoms with van der Waals surface area (Å²) in [4.78, 5) is 30.0. The SMILES string of the molecule is COC(=O)N1CCC2(CC(N3CCC([C@@H]4CCCN4C(=O)NCC(F)(F)F)CC3)C2)C1. The van der Waals surface area contributed by atoms with Gasteiger partial charge in [0, 0.05) is 31.7 Å². The Morgan fingerprint density at radius 1 is 1.10 bits per heavy atom. The van der Waals surface area contributed by atoms with E-state index in [4.69, 9.17) is 4.74 Å². The maximum atomic E-state index is 12.4. The van der Waals surface area contributed by atoms with Crippen molar-refractivity contribution in [3.05, 3.63) is 0 Å². The molecule has 0 radical (unpaired) electrons. The Kier molecular flexibility index (Phi) is 6.29. The number of urea groups is 1. The second-order valence-corrected chi connectivity index (χ2v) is 9.75. The van der Waals surface area contributed by atoms with Crippen LogP contribution in [-0.2, 0) is 4.74 Å². The molecular formula is C21H33F3N4O3. The predicted octanol–water partition coefficient (Wildman–Crippen LogP) is 3.06. The van der Waals surface area contributed by atoms with Gasteiger partial charge in [-0.25, -0.2) is 9.59 Å². The molecule has 10 heteroatoms. The molecule has 1 spiro atoms. The van der Waals surface area contributed by atoms with Gasteiger partial charge in [-0.05, 0) is 69.4 Å². The fourth-order valence-electron chi connectivity index (χ4n) is 6.23. The van der Waals surface area contributed by atoms with Crippen LogP contribution in [0.1, 0.15) is 44.9 Å². The quantitative estimate of drug-likeness (QED) is 0.724. The Balaban J connectivity index is 1.22. The van der Waals surface area contributed by atoms with Crippen molar-refractivity contribution in [3.8, 4) is 0 Å². The first-order valence-electron chi connectivity index (χ1n) is 11.4. The largest absolute Gasteiger partial charge is 0.453 e. The summed E-state index contributed by atoms with van der Waals surface area (Å²) in [6.07, 6.45) is 2.33. The van der Waals surface area contributed by atoms with E-state index in [9.17, 15) is 22.8 Å². The lowest BCUT2D eigenvalue weighted by Gasteiger charge is -2.52. The smallest absolute Gasteiger partial charge is 0.409 e. The fraction of sp³-hybridized carbons (Fsp3) is 0.905. The van der Waals surface area contributed by atoms with Crippen LogP contribution >= 0.6 is 0 Å². The number of nitrogens with zero attached hydrogens (tertiary/aromatic N) is 3. The number of likely N-dealkylation sites (tertiary alicyclic amines) is 3. The van der Waals surface area contributed by atoms with Crippen LogP contribution < -0.4 is 5.32 Å². The molecule has 3 amide bonds. The normalized spacial score (nSPS) is 32.4. The van der Waals surface area contributed by atoms with E-state index in [2.05, 4.69) is 4.90 Å². The number of ether oxygens (including phenoxy) is 1. The number of nitrogens with one attached hydrogen (secondary N) is 1. The molecule has 4 fully saturated rings. The minimum absolute atomic E-state index is 0.0477. The number of halogens is 3. The average molecular weight is 447 g/mol. The molecule has 1 atom stereocenters. The van der Waals surface area contributed by atoms with Crippen molar-refractivity contribution in [1.82, 2.24) is 20.0 Å². The van der Waals surface area contributed by atoms with Crippen molar-refractivity contribution >= 4 is 12.1 Å². The molecular weight excluding hydrogens is 413 g/mol. The first-order chi connectivity index (χ1) is 14.7. The number of amides is 3. The molecule has 4 rings (SSSR count). The average Bonchev–Trinajstić information content (AvgIpc) is 3.38. The molecule has 1 N–H and O–H groups in total. The summed E-state index contributed by atoms with van der Waals surface area (Å²) in [6.45, 7) is 2.77. The Morgan fingerprint density at radius 3 is 2.45 bits per heavy atom. The topological polar surface area (TPSA) is 65.1 Å². The zero-order valence-electron chi connectivity index (χ0n) is 18.1.